The van der Waals surface area contributed by atoms with Gasteiger partial charge in [-0.05, 0) is 50.2 Å². The predicted molar refractivity (Wildman–Crippen MR) is 127 cm³/mol. The summed E-state index contributed by atoms with van der Waals surface area (Å²) in [5.74, 6) is 0.995. The third kappa shape index (κ3) is 4.65. The van der Waals surface area contributed by atoms with Crippen molar-refractivity contribution in [1.82, 2.24) is 4.98 Å². The summed E-state index contributed by atoms with van der Waals surface area (Å²) in [7, 11) is 0. The van der Waals surface area contributed by atoms with Crippen LogP contribution in [0, 0.1) is 0 Å². The van der Waals surface area contributed by atoms with E-state index in [1.807, 2.05) is 56.3 Å². The van der Waals surface area contributed by atoms with Crippen molar-refractivity contribution in [2.24, 2.45) is 0 Å². The molecule has 158 valence electrons. The minimum Gasteiger partial charge on any atom is -0.494 e. The number of ether oxygens (including phenoxy) is 2. The lowest BCUT2D eigenvalue weighted by molar-refractivity contribution is 0.102. The Morgan fingerprint density at radius 1 is 1.03 bits per heavy atom. The number of hydrogen-bond acceptors (Lipinski definition) is 5. The van der Waals surface area contributed by atoms with Crippen LogP contribution in [-0.4, -0.2) is 24.1 Å². The Morgan fingerprint density at radius 3 is 2.58 bits per heavy atom. The zero-order chi connectivity index (χ0) is 21.8. The van der Waals surface area contributed by atoms with Gasteiger partial charge in [-0.15, -0.1) is 11.3 Å². The average molecular weight is 453 g/mol. The number of rotatable bonds is 7. The van der Waals surface area contributed by atoms with Crippen molar-refractivity contribution in [3.05, 3.63) is 70.6 Å². The molecule has 31 heavy (non-hydrogen) atoms. The van der Waals surface area contributed by atoms with Gasteiger partial charge in [-0.2, -0.15) is 0 Å². The fourth-order valence-electron chi connectivity index (χ4n) is 3.28. The molecule has 0 atom stereocenters. The lowest BCUT2D eigenvalue weighted by Gasteiger charge is -2.15. The molecule has 0 radical (unpaired) electrons. The fraction of sp³-hybridized carbons (Fsp3) is 0.167. The molecule has 2 aromatic carbocycles. The number of benzene rings is 2. The third-order valence-corrected chi connectivity index (χ3v) is 5.85. The minimum absolute atomic E-state index is 0.253. The highest BCUT2D eigenvalue weighted by Gasteiger charge is 2.17. The summed E-state index contributed by atoms with van der Waals surface area (Å²) >= 11 is 7.54. The second-order valence-corrected chi connectivity index (χ2v) is 8.37. The molecule has 0 saturated heterocycles. The number of para-hydroxylation sites is 1. The van der Waals surface area contributed by atoms with Crippen LogP contribution in [0.1, 0.15) is 24.2 Å². The number of hydrogen-bond donors (Lipinski definition) is 1. The van der Waals surface area contributed by atoms with Crippen LogP contribution in [-0.2, 0) is 0 Å². The van der Waals surface area contributed by atoms with Crippen molar-refractivity contribution in [1.29, 1.82) is 0 Å². The molecule has 2 aromatic heterocycles. The Bertz CT molecular complexity index is 1240. The van der Waals surface area contributed by atoms with Crippen molar-refractivity contribution in [3.8, 4) is 22.1 Å². The molecule has 0 saturated carbocycles. The Morgan fingerprint density at radius 2 is 1.84 bits per heavy atom. The number of thiophene rings is 1. The Labute approximate surface area is 189 Å². The van der Waals surface area contributed by atoms with Crippen LogP contribution in [0.3, 0.4) is 0 Å². The van der Waals surface area contributed by atoms with Gasteiger partial charge >= 0.3 is 0 Å². The van der Waals surface area contributed by atoms with Crippen molar-refractivity contribution in [2.75, 3.05) is 18.5 Å². The number of halogens is 1. The molecule has 0 fully saturated rings. The maximum absolute atomic E-state index is 13.4. The zero-order valence-corrected chi connectivity index (χ0v) is 18.7. The predicted octanol–water partition coefficient (Wildman–Crippen LogP) is 6.67. The molecule has 4 aromatic rings. The second kappa shape index (κ2) is 9.37. The lowest BCUT2D eigenvalue weighted by Crippen LogP contribution is -2.14. The summed E-state index contributed by atoms with van der Waals surface area (Å²) in [6.45, 7) is 4.83. The number of fused-ring (bicyclic) bond motifs is 1. The van der Waals surface area contributed by atoms with Gasteiger partial charge < -0.3 is 14.8 Å². The number of pyridine rings is 1. The number of carbonyl (C=O) groups excluding carboxylic acids is 1. The van der Waals surface area contributed by atoms with E-state index in [4.69, 9.17) is 26.1 Å². The van der Waals surface area contributed by atoms with E-state index >= 15 is 0 Å². The van der Waals surface area contributed by atoms with E-state index in [1.54, 1.807) is 18.2 Å². The van der Waals surface area contributed by atoms with Gasteiger partial charge in [0.2, 0.25) is 0 Å². The molecule has 0 bridgehead atoms. The van der Waals surface area contributed by atoms with Crippen molar-refractivity contribution >= 4 is 45.4 Å². The van der Waals surface area contributed by atoms with Crippen LogP contribution in [0.25, 0.3) is 21.5 Å². The Balaban J connectivity index is 1.76. The smallest absolute Gasteiger partial charge is 0.256 e. The molecule has 0 aliphatic rings. The molecule has 1 amide bonds. The quantitative estimate of drug-likeness (QED) is 0.340. The third-order valence-electron chi connectivity index (χ3n) is 4.60. The first-order valence-electron chi connectivity index (χ1n) is 9.95. The van der Waals surface area contributed by atoms with E-state index in [-0.39, 0.29) is 5.91 Å². The summed E-state index contributed by atoms with van der Waals surface area (Å²) < 4.78 is 12.0. The molecule has 2 heterocycles. The topological polar surface area (TPSA) is 60.5 Å². The van der Waals surface area contributed by atoms with Gasteiger partial charge in [-0.25, -0.2) is 4.98 Å². The van der Waals surface area contributed by atoms with Gasteiger partial charge in [-0.1, -0.05) is 29.8 Å². The molecule has 1 N–H and O–H groups in total. The molecule has 0 unspecified atom stereocenters. The maximum Gasteiger partial charge on any atom is 0.256 e. The van der Waals surface area contributed by atoms with E-state index < -0.39 is 0 Å². The SMILES string of the molecule is CCOc1ccc(OCC)c(NC(=O)c2cc(-c3ccc(Cl)s3)nc3ccccc23)c1. The standard InChI is InChI=1S/C24H21ClN2O3S/c1-3-29-15-9-10-21(30-4-2)19(13-15)27-24(28)17-14-20(22-11-12-23(25)31-22)26-18-8-6-5-7-16(17)18/h5-14H,3-4H2,1-2H3,(H,27,28). The van der Waals surface area contributed by atoms with Gasteiger partial charge in [0.05, 0.1) is 44.9 Å². The molecule has 0 aliphatic carbocycles. The first-order chi connectivity index (χ1) is 15.1. The van der Waals surface area contributed by atoms with Crippen LogP contribution >= 0.6 is 22.9 Å². The fourth-order valence-corrected chi connectivity index (χ4v) is 4.28. The van der Waals surface area contributed by atoms with Crippen LogP contribution < -0.4 is 14.8 Å². The minimum atomic E-state index is -0.253. The summed E-state index contributed by atoms with van der Waals surface area (Å²) in [6, 6.07) is 18.5. The normalized spacial score (nSPS) is 10.8. The number of carbonyl (C=O) groups is 1. The van der Waals surface area contributed by atoms with Gasteiger partial charge in [0, 0.05) is 11.5 Å². The highest BCUT2D eigenvalue weighted by Crippen LogP contribution is 2.34. The summed E-state index contributed by atoms with van der Waals surface area (Å²) in [6.07, 6.45) is 0. The average Bonchev–Trinajstić information content (AvgIpc) is 3.21. The van der Waals surface area contributed by atoms with E-state index in [0.29, 0.717) is 46.0 Å². The first-order valence-corrected chi connectivity index (χ1v) is 11.1. The van der Waals surface area contributed by atoms with Gasteiger partial charge in [0.1, 0.15) is 11.5 Å². The molecule has 0 aliphatic heterocycles. The van der Waals surface area contributed by atoms with Crippen molar-refractivity contribution in [3.63, 3.8) is 0 Å². The number of amides is 1. The van der Waals surface area contributed by atoms with Crippen LogP contribution in [0.4, 0.5) is 5.69 Å². The van der Waals surface area contributed by atoms with Crippen LogP contribution in [0.2, 0.25) is 4.34 Å². The Hall–Kier alpha value is -3.09. The largest absolute Gasteiger partial charge is 0.494 e. The van der Waals surface area contributed by atoms with E-state index in [9.17, 15) is 4.79 Å². The molecule has 4 rings (SSSR count). The number of nitrogens with zero attached hydrogens (tertiary/aromatic N) is 1. The molecular formula is C24H21ClN2O3S. The second-order valence-electron chi connectivity index (χ2n) is 6.65. The number of nitrogens with one attached hydrogen (secondary N) is 1. The zero-order valence-electron chi connectivity index (χ0n) is 17.1. The van der Waals surface area contributed by atoms with Crippen molar-refractivity contribution in [2.45, 2.75) is 13.8 Å². The maximum atomic E-state index is 13.4. The molecule has 0 spiro atoms. The van der Waals surface area contributed by atoms with Gasteiger partial charge in [0.15, 0.2) is 0 Å². The first kappa shape index (κ1) is 21.2. The van der Waals surface area contributed by atoms with E-state index in [2.05, 4.69) is 5.32 Å². The van der Waals surface area contributed by atoms with Crippen molar-refractivity contribution < 1.29 is 14.3 Å². The Kier molecular flexibility index (Phi) is 6.39. The van der Waals surface area contributed by atoms with Gasteiger partial charge in [0.25, 0.3) is 5.91 Å². The monoisotopic (exact) mass is 452 g/mol. The highest BCUT2D eigenvalue weighted by molar-refractivity contribution is 7.19. The lowest BCUT2D eigenvalue weighted by atomic mass is 10.1. The molecule has 7 heteroatoms. The highest BCUT2D eigenvalue weighted by atomic mass is 35.5. The molecule has 5 nitrogen and oxygen atoms in total. The van der Waals surface area contributed by atoms with Gasteiger partial charge in [-0.3, -0.25) is 4.79 Å². The summed E-state index contributed by atoms with van der Waals surface area (Å²) in [4.78, 5) is 19.0. The van der Waals surface area contributed by atoms with E-state index in [0.717, 1.165) is 15.8 Å². The molecular weight excluding hydrogens is 432 g/mol. The number of anilines is 1. The summed E-state index contributed by atoms with van der Waals surface area (Å²) in [5, 5.41) is 3.76. The van der Waals surface area contributed by atoms with Crippen LogP contribution in [0.5, 0.6) is 11.5 Å². The van der Waals surface area contributed by atoms with Crippen LogP contribution in [0.15, 0.2) is 60.7 Å². The van der Waals surface area contributed by atoms with E-state index in [1.165, 1.54) is 11.3 Å². The number of aromatic nitrogens is 1. The summed E-state index contributed by atoms with van der Waals surface area (Å²) in [5.41, 5.74) is 2.52.